The monoisotopic (exact) mass is 220 g/mol. The maximum atomic E-state index is 5.72. The van der Waals surface area contributed by atoms with Gasteiger partial charge in [0.2, 0.25) is 0 Å². The van der Waals surface area contributed by atoms with Crippen molar-refractivity contribution in [3.05, 3.63) is 29.8 Å². The van der Waals surface area contributed by atoms with Gasteiger partial charge in [-0.25, -0.2) is 0 Å². The van der Waals surface area contributed by atoms with Crippen molar-refractivity contribution in [3.8, 4) is 0 Å². The molecule has 1 saturated heterocycles. The van der Waals surface area contributed by atoms with Crippen molar-refractivity contribution >= 4 is 5.69 Å². The van der Waals surface area contributed by atoms with Crippen molar-refractivity contribution in [2.75, 3.05) is 25.6 Å². The molecule has 1 unspecified atom stereocenters. The van der Waals surface area contributed by atoms with Gasteiger partial charge in [0.05, 0.1) is 6.61 Å². The van der Waals surface area contributed by atoms with Gasteiger partial charge in [0, 0.05) is 25.8 Å². The topological polar surface area (TPSA) is 24.5 Å². The first-order valence-corrected chi connectivity index (χ1v) is 5.85. The highest BCUT2D eigenvalue weighted by molar-refractivity contribution is 5.46. The number of nitrogens with zero attached hydrogens (tertiary/aromatic N) is 1. The predicted molar refractivity (Wildman–Crippen MR) is 66.7 cm³/mol. The van der Waals surface area contributed by atoms with Crippen molar-refractivity contribution in [3.63, 3.8) is 0 Å². The van der Waals surface area contributed by atoms with Crippen LogP contribution in [0.4, 0.5) is 5.69 Å². The molecule has 0 aliphatic carbocycles. The molecular weight excluding hydrogens is 200 g/mol. The number of hydrogen-bond acceptors (Lipinski definition) is 3. The summed E-state index contributed by atoms with van der Waals surface area (Å²) in [6, 6.07) is 9.01. The van der Waals surface area contributed by atoms with Gasteiger partial charge in [0.1, 0.15) is 6.23 Å². The zero-order chi connectivity index (χ0) is 11.5. The number of hydrogen-bond donors (Lipinski definition) is 1. The number of ether oxygens (including phenoxy) is 1. The molecule has 0 radical (unpaired) electrons. The molecule has 0 bridgehead atoms. The fourth-order valence-corrected chi connectivity index (χ4v) is 1.90. The largest absolute Gasteiger partial charge is 0.378 e. The van der Waals surface area contributed by atoms with E-state index in [1.54, 1.807) is 0 Å². The molecule has 3 heteroatoms. The van der Waals surface area contributed by atoms with Crippen molar-refractivity contribution in [1.29, 1.82) is 0 Å². The summed E-state index contributed by atoms with van der Waals surface area (Å²) in [6.07, 6.45) is 1.19. The Morgan fingerprint density at radius 2 is 2.00 bits per heavy atom. The smallest absolute Gasteiger partial charge is 0.134 e. The van der Waals surface area contributed by atoms with Gasteiger partial charge in [-0.3, -0.25) is 5.32 Å². The minimum Gasteiger partial charge on any atom is -0.378 e. The maximum absolute atomic E-state index is 5.72. The molecular formula is C13H20N2O. The predicted octanol–water partition coefficient (Wildman–Crippen LogP) is 2.15. The van der Waals surface area contributed by atoms with Gasteiger partial charge in [-0.15, -0.1) is 0 Å². The van der Waals surface area contributed by atoms with E-state index >= 15 is 0 Å². The van der Waals surface area contributed by atoms with Crippen LogP contribution in [-0.2, 0) is 4.74 Å². The van der Waals surface area contributed by atoms with Gasteiger partial charge >= 0.3 is 0 Å². The molecule has 0 amide bonds. The van der Waals surface area contributed by atoms with Gasteiger partial charge in [-0.05, 0) is 24.1 Å². The Bertz CT molecular complexity index is 334. The van der Waals surface area contributed by atoms with E-state index in [2.05, 4.69) is 41.4 Å². The maximum Gasteiger partial charge on any atom is 0.134 e. The minimum absolute atomic E-state index is 0.0705. The van der Waals surface area contributed by atoms with Crippen LogP contribution in [-0.4, -0.2) is 26.7 Å². The number of rotatable bonds is 3. The number of benzene rings is 1. The molecule has 0 aromatic heterocycles. The molecule has 2 atom stereocenters. The Kier molecular flexibility index (Phi) is 3.46. The Balaban J connectivity index is 2.05. The highest BCUT2D eigenvalue weighted by atomic mass is 16.5. The third-order valence-electron chi connectivity index (χ3n) is 3.06. The lowest BCUT2D eigenvalue weighted by atomic mass is 10.1. The second-order valence-electron chi connectivity index (χ2n) is 4.47. The van der Waals surface area contributed by atoms with Crippen LogP contribution < -0.4 is 10.2 Å². The molecule has 0 saturated carbocycles. The van der Waals surface area contributed by atoms with E-state index in [9.17, 15) is 0 Å². The van der Waals surface area contributed by atoms with E-state index in [4.69, 9.17) is 4.74 Å². The fourth-order valence-electron chi connectivity index (χ4n) is 1.90. The van der Waals surface area contributed by atoms with Crippen LogP contribution in [0.25, 0.3) is 0 Å². The van der Waals surface area contributed by atoms with Crippen molar-refractivity contribution < 1.29 is 4.74 Å². The Morgan fingerprint density at radius 3 is 2.50 bits per heavy atom. The molecule has 0 spiro atoms. The Morgan fingerprint density at radius 1 is 1.31 bits per heavy atom. The zero-order valence-corrected chi connectivity index (χ0v) is 10.2. The molecule has 16 heavy (non-hydrogen) atoms. The summed E-state index contributed by atoms with van der Waals surface area (Å²) < 4.78 is 5.72. The molecule has 2 rings (SSSR count). The van der Waals surface area contributed by atoms with Crippen LogP contribution in [0.3, 0.4) is 0 Å². The molecule has 88 valence electrons. The second-order valence-corrected chi connectivity index (χ2v) is 4.47. The first-order chi connectivity index (χ1) is 7.70. The molecule has 1 aliphatic rings. The molecule has 1 aromatic rings. The SMILES string of the molecule is CC[C@H]1COC(c2ccc(N(C)C)cc2)N1. The van der Waals surface area contributed by atoms with Crippen LogP contribution in [0.2, 0.25) is 0 Å². The lowest BCUT2D eigenvalue weighted by molar-refractivity contribution is 0.101. The normalized spacial score (nSPS) is 24.7. The highest BCUT2D eigenvalue weighted by Gasteiger charge is 2.23. The van der Waals surface area contributed by atoms with Crippen molar-refractivity contribution in [2.45, 2.75) is 25.6 Å². The molecule has 1 heterocycles. The van der Waals surface area contributed by atoms with E-state index in [0.717, 1.165) is 13.0 Å². The average Bonchev–Trinajstić information content (AvgIpc) is 2.77. The van der Waals surface area contributed by atoms with Crippen LogP contribution in [0, 0.1) is 0 Å². The summed E-state index contributed by atoms with van der Waals surface area (Å²) >= 11 is 0. The van der Waals surface area contributed by atoms with E-state index in [1.807, 2.05) is 14.1 Å². The van der Waals surface area contributed by atoms with Crippen LogP contribution >= 0.6 is 0 Å². The van der Waals surface area contributed by atoms with E-state index in [1.165, 1.54) is 11.3 Å². The first-order valence-electron chi connectivity index (χ1n) is 5.85. The van der Waals surface area contributed by atoms with Gasteiger partial charge in [0.25, 0.3) is 0 Å². The number of nitrogens with one attached hydrogen (secondary N) is 1. The molecule has 1 aliphatic heterocycles. The summed E-state index contributed by atoms with van der Waals surface area (Å²) in [5.41, 5.74) is 2.43. The fraction of sp³-hybridized carbons (Fsp3) is 0.538. The van der Waals surface area contributed by atoms with E-state index in [-0.39, 0.29) is 6.23 Å². The quantitative estimate of drug-likeness (QED) is 0.844. The number of anilines is 1. The first kappa shape index (κ1) is 11.4. The summed E-state index contributed by atoms with van der Waals surface area (Å²) in [4.78, 5) is 2.10. The van der Waals surface area contributed by atoms with Gasteiger partial charge in [-0.2, -0.15) is 0 Å². The van der Waals surface area contributed by atoms with Crippen LogP contribution in [0.5, 0.6) is 0 Å². The molecule has 1 fully saturated rings. The van der Waals surface area contributed by atoms with Gasteiger partial charge in [0.15, 0.2) is 0 Å². The summed E-state index contributed by atoms with van der Waals surface area (Å²) in [6.45, 7) is 3.00. The zero-order valence-electron chi connectivity index (χ0n) is 10.2. The van der Waals surface area contributed by atoms with Crippen molar-refractivity contribution in [1.82, 2.24) is 5.32 Å². The van der Waals surface area contributed by atoms with Gasteiger partial charge < -0.3 is 9.64 Å². The molecule has 1 N–H and O–H groups in total. The third-order valence-corrected chi connectivity index (χ3v) is 3.06. The summed E-state index contributed by atoms with van der Waals surface area (Å²) in [7, 11) is 4.10. The molecule has 3 nitrogen and oxygen atoms in total. The van der Waals surface area contributed by atoms with Gasteiger partial charge in [-0.1, -0.05) is 19.1 Å². The summed E-state index contributed by atoms with van der Waals surface area (Å²) in [5.74, 6) is 0. The Labute approximate surface area is 97.4 Å². The molecule has 1 aromatic carbocycles. The summed E-state index contributed by atoms with van der Waals surface area (Å²) in [5, 5.41) is 3.47. The highest BCUT2D eigenvalue weighted by Crippen LogP contribution is 2.23. The van der Waals surface area contributed by atoms with Crippen LogP contribution in [0.1, 0.15) is 25.1 Å². The van der Waals surface area contributed by atoms with E-state index < -0.39 is 0 Å². The van der Waals surface area contributed by atoms with E-state index in [0.29, 0.717) is 6.04 Å². The van der Waals surface area contributed by atoms with Crippen LogP contribution in [0.15, 0.2) is 24.3 Å². The average molecular weight is 220 g/mol. The lowest BCUT2D eigenvalue weighted by Gasteiger charge is -2.15. The second kappa shape index (κ2) is 4.85. The third kappa shape index (κ3) is 2.36. The standard InChI is InChI=1S/C13H20N2O/c1-4-11-9-16-13(14-11)10-5-7-12(8-6-10)15(2)3/h5-8,11,13-14H,4,9H2,1-3H3/t11-,13?/m0/s1. The van der Waals surface area contributed by atoms with Crippen molar-refractivity contribution in [2.24, 2.45) is 0 Å². The lowest BCUT2D eigenvalue weighted by Crippen LogP contribution is -2.24. The Hall–Kier alpha value is -1.06. The minimum atomic E-state index is 0.0705.